The van der Waals surface area contributed by atoms with Gasteiger partial charge >= 0.3 is 0 Å². The van der Waals surface area contributed by atoms with Crippen LogP contribution in [-0.4, -0.2) is 43.0 Å². The summed E-state index contributed by atoms with van der Waals surface area (Å²) in [4.78, 5) is 14.5. The SMILES string of the molecule is NCCNC(=O)C1CCCN(C2C=CCCC2)C1. The summed E-state index contributed by atoms with van der Waals surface area (Å²) in [6.45, 7) is 3.16. The highest BCUT2D eigenvalue weighted by molar-refractivity contribution is 5.78. The average molecular weight is 251 g/mol. The average Bonchev–Trinajstić information content (AvgIpc) is 2.46. The number of nitrogens with one attached hydrogen (secondary N) is 1. The Morgan fingerprint density at radius 3 is 3.00 bits per heavy atom. The summed E-state index contributed by atoms with van der Waals surface area (Å²) < 4.78 is 0. The quantitative estimate of drug-likeness (QED) is 0.729. The molecule has 18 heavy (non-hydrogen) atoms. The maximum Gasteiger partial charge on any atom is 0.224 e. The van der Waals surface area contributed by atoms with Crippen molar-refractivity contribution in [1.82, 2.24) is 10.2 Å². The maximum absolute atomic E-state index is 12.0. The van der Waals surface area contributed by atoms with Crippen LogP contribution in [0.2, 0.25) is 0 Å². The molecule has 1 aliphatic heterocycles. The van der Waals surface area contributed by atoms with Gasteiger partial charge in [0, 0.05) is 25.7 Å². The van der Waals surface area contributed by atoms with Gasteiger partial charge in [-0.05, 0) is 38.6 Å². The standard InChI is InChI=1S/C14H25N3O/c15-8-9-16-14(18)12-5-4-10-17(11-12)13-6-2-1-3-7-13/h2,6,12-13H,1,3-5,7-11,15H2,(H,16,18). The molecule has 0 saturated carbocycles. The molecule has 2 atom stereocenters. The minimum absolute atomic E-state index is 0.153. The molecule has 1 amide bonds. The summed E-state index contributed by atoms with van der Waals surface area (Å²) in [6, 6.07) is 0.559. The Balaban J connectivity index is 1.85. The summed E-state index contributed by atoms with van der Waals surface area (Å²) in [5.74, 6) is 0.338. The number of nitrogens with zero attached hydrogens (tertiary/aromatic N) is 1. The third-order valence-corrected chi connectivity index (χ3v) is 3.97. The van der Waals surface area contributed by atoms with Gasteiger partial charge in [-0.3, -0.25) is 9.69 Å². The third kappa shape index (κ3) is 3.56. The molecule has 3 N–H and O–H groups in total. The molecule has 0 radical (unpaired) electrons. The van der Waals surface area contributed by atoms with Crippen molar-refractivity contribution in [2.75, 3.05) is 26.2 Å². The lowest BCUT2D eigenvalue weighted by Gasteiger charge is -2.37. The predicted molar refractivity (Wildman–Crippen MR) is 73.1 cm³/mol. The minimum Gasteiger partial charge on any atom is -0.355 e. The number of likely N-dealkylation sites (tertiary alicyclic amines) is 1. The number of amides is 1. The molecule has 0 aromatic rings. The predicted octanol–water partition coefficient (Wildman–Crippen LogP) is 0.882. The van der Waals surface area contributed by atoms with Crippen LogP contribution in [0.4, 0.5) is 0 Å². The number of hydrogen-bond donors (Lipinski definition) is 2. The van der Waals surface area contributed by atoms with E-state index in [1.165, 1.54) is 19.3 Å². The van der Waals surface area contributed by atoms with Crippen molar-refractivity contribution in [3.05, 3.63) is 12.2 Å². The zero-order valence-electron chi connectivity index (χ0n) is 11.1. The largest absolute Gasteiger partial charge is 0.355 e. The topological polar surface area (TPSA) is 58.4 Å². The molecule has 0 bridgehead atoms. The number of carbonyl (C=O) groups is 1. The van der Waals surface area contributed by atoms with Gasteiger partial charge in [-0.15, -0.1) is 0 Å². The first-order valence-electron chi connectivity index (χ1n) is 7.19. The van der Waals surface area contributed by atoms with E-state index < -0.39 is 0 Å². The van der Waals surface area contributed by atoms with E-state index in [-0.39, 0.29) is 11.8 Å². The second kappa shape index (κ2) is 6.90. The first-order chi connectivity index (χ1) is 8.81. The number of hydrogen-bond acceptors (Lipinski definition) is 3. The van der Waals surface area contributed by atoms with Crippen LogP contribution in [-0.2, 0) is 4.79 Å². The molecular formula is C14H25N3O. The van der Waals surface area contributed by atoms with Crippen molar-refractivity contribution in [2.45, 2.75) is 38.1 Å². The van der Waals surface area contributed by atoms with E-state index >= 15 is 0 Å². The van der Waals surface area contributed by atoms with Crippen LogP contribution in [0.25, 0.3) is 0 Å². The molecule has 2 rings (SSSR count). The summed E-state index contributed by atoms with van der Waals surface area (Å²) in [7, 11) is 0. The van der Waals surface area contributed by atoms with Crippen molar-refractivity contribution in [3.63, 3.8) is 0 Å². The van der Waals surface area contributed by atoms with Gasteiger partial charge in [0.2, 0.25) is 5.91 Å². The number of rotatable bonds is 4. The first kappa shape index (κ1) is 13.6. The smallest absolute Gasteiger partial charge is 0.224 e. The number of allylic oxidation sites excluding steroid dienone is 1. The Labute approximate surface area is 110 Å². The molecule has 2 aliphatic rings. The fourth-order valence-electron chi connectivity index (χ4n) is 2.96. The van der Waals surface area contributed by atoms with E-state index in [0.717, 1.165) is 25.9 Å². The molecule has 0 aromatic heterocycles. The fraction of sp³-hybridized carbons (Fsp3) is 0.786. The minimum atomic E-state index is 0.153. The molecule has 4 nitrogen and oxygen atoms in total. The van der Waals surface area contributed by atoms with Gasteiger partial charge in [-0.2, -0.15) is 0 Å². The Bertz CT molecular complexity index is 303. The monoisotopic (exact) mass is 251 g/mol. The molecule has 2 unspecified atom stereocenters. The number of piperidine rings is 1. The normalized spacial score (nSPS) is 29.2. The van der Waals surface area contributed by atoms with Gasteiger partial charge in [0.25, 0.3) is 0 Å². The van der Waals surface area contributed by atoms with Crippen molar-refractivity contribution >= 4 is 5.91 Å². The lowest BCUT2D eigenvalue weighted by molar-refractivity contribution is -0.126. The van der Waals surface area contributed by atoms with Crippen LogP contribution in [0.5, 0.6) is 0 Å². The van der Waals surface area contributed by atoms with Crippen LogP contribution < -0.4 is 11.1 Å². The summed E-state index contributed by atoms with van der Waals surface area (Å²) >= 11 is 0. The van der Waals surface area contributed by atoms with Gasteiger partial charge in [0.1, 0.15) is 0 Å². The summed E-state index contributed by atoms with van der Waals surface area (Å²) in [5.41, 5.74) is 5.42. The summed E-state index contributed by atoms with van der Waals surface area (Å²) in [5, 5.41) is 2.92. The van der Waals surface area contributed by atoms with Gasteiger partial charge < -0.3 is 11.1 Å². The van der Waals surface area contributed by atoms with E-state index in [4.69, 9.17) is 5.73 Å². The molecule has 1 fully saturated rings. The second-order valence-corrected chi connectivity index (χ2v) is 5.34. The van der Waals surface area contributed by atoms with E-state index in [1.54, 1.807) is 0 Å². The Hall–Kier alpha value is -0.870. The summed E-state index contributed by atoms with van der Waals surface area (Å²) in [6.07, 6.45) is 10.5. The van der Waals surface area contributed by atoms with Crippen LogP contribution in [0.3, 0.4) is 0 Å². The second-order valence-electron chi connectivity index (χ2n) is 5.34. The Morgan fingerprint density at radius 2 is 2.28 bits per heavy atom. The zero-order valence-corrected chi connectivity index (χ0v) is 11.1. The molecule has 4 heteroatoms. The first-order valence-corrected chi connectivity index (χ1v) is 7.19. The van der Waals surface area contributed by atoms with E-state index in [0.29, 0.717) is 19.1 Å². The zero-order chi connectivity index (χ0) is 12.8. The highest BCUT2D eigenvalue weighted by atomic mass is 16.1. The Kier molecular flexibility index (Phi) is 5.20. The highest BCUT2D eigenvalue weighted by Crippen LogP contribution is 2.23. The van der Waals surface area contributed by atoms with Crippen LogP contribution in [0, 0.1) is 5.92 Å². The number of nitrogens with two attached hydrogens (primary N) is 1. The molecule has 1 aliphatic carbocycles. The van der Waals surface area contributed by atoms with Crippen LogP contribution in [0.15, 0.2) is 12.2 Å². The highest BCUT2D eigenvalue weighted by Gasteiger charge is 2.28. The lowest BCUT2D eigenvalue weighted by atomic mass is 9.93. The molecule has 1 heterocycles. The van der Waals surface area contributed by atoms with Gasteiger partial charge in [0.05, 0.1) is 5.92 Å². The van der Waals surface area contributed by atoms with Gasteiger partial charge in [-0.1, -0.05) is 12.2 Å². The fourth-order valence-corrected chi connectivity index (χ4v) is 2.96. The van der Waals surface area contributed by atoms with E-state index in [1.807, 2.05) is 0 Å². The maximum atomic E-state index is 12.0. The molecular weight excluding hydrogens is 226 g/mol. The van der Waals surface area contributed by atoms with Gasteiger partial charge in [-0.25, -0.2) is 0 Å². The van der Waals surface area contributed by atoms with Crippen molar-refractivity contribution in [2.24, 2.45) is 11.7 Å². The lowest BCUT2D eigenvalue weighted by Crippen LogP contribution is -2.47. The molecule has 0 aromatic carbocycles. The van der Waals surface area contributed by atoms with Crippen LogP contribution in [0.1, 0.15) is 32.1 Å². The third-order valence-electron chi connectivity index (χ3n) is 3.97. The van der Waals surface area contributed by atoms with Crippen LogP contribution >= 0.6 is 0 Å². The Morgan fingerprint density at radius 1 is 1.39 bits per heavy atom. The molecule has 0 spiro atoms. The number of carbonyl (C=O) groups excluding carboxylic acids is 1. The van der Waals surface area contributed by atoms with Crippen molar-refractivity contribution in [1.29, 1.82) is 0 Å². The van der Waals surface area contributed by atoms with E-state index in [9.17, 15) is 4.79 Å². The van der Waals surface area contributed by atoms with E-state index in [2.05, 4.69) is 22.4 Å². The molecule has 1 saturated heterocycles. The van der Waals surface area contributed by atoms with Gasteiger partial charge in [0.15, 0.2) is 0 Å². The van der Waals surface area contributed by atoms with Crippen molar-refractivity contribution in [3.8, 4) is 0 Å². The molecule has 102 valence electrons. The van der Waals surface area contributed by atoms with Crippen molar-refractivity contribution < 1.29 is 4.79 Å².